The summed E-state index contributed by atoms with van der Waals surface area (Å²) in [4.78, 5) is 13.9. The van der Waals surface area contributed by atoms with Gasteiger partial charge in [-0.3, -0.25) is 4.79 Å². The van der Waals surface area contributed by atoms with Crippen molar-refractivity contribution in [3.05, 3.63) is 23.8 Å². The van der Waals surface area contributed by atoms with Gasteiger partial charge in [-0.25, -0.2) is 13.6 Å². The predicted molar refractivity (Wildman–Crippen MR) is 84.7 cm³/mol. The van der Waals surface area contributed by atoms with E-state index < -0.39 is 10.0 Å². The van der Waals surface area contributed by atoms with Gasteiger partial charge in [0.2, 0.25) is 15.9 Å². The Bertz CT molecular complexity index is 654. The summed E-state index contributed by atoms with van der Waals surface area (Å²) in [5.74, 6) is 0.268. The van der Waals surface area contributed by atoms with Gasteiger partial charge in [-0.15, -0.1) is 0 Å². The average Bonchev–Trinajstić information content (AvgIpc) is 2.53. The van der Waals surface area contributed by atoms with Crippen LogP contribution < -0.4 is 9.88 Å². The highest BCUT2D eigenvalue weighted by Crippen LogP contribution is 2.28. The van der Waals surface area contributed by atoms with Gasteiger partial charge in [0.1, 0.15) is 10.6 Å². The van der Waals surface area contributed by atoms with Gasteiger partial charge in [0.05, 0.1) is 19.8 Å². The highest BCUT2D eigenvalue weighted by molar-refractivity contribution is 7.89. The Morgan fingerprint density at radius 1 is 1.35 bits per heavy atom. The lowest BCUT2D eigenvalue weighted by atomic mass is 10.1. The van der Waals surface area contributed by atoms with Gasteiger partial charge in [0.15, 0.2) is 0 Å². The van der Waals surface area contributed by atoms with Crippen LogP contribution in [-0.4, -0.2) is 52.1 Å². The predicted octanol–water partition coefficient (Wildman–Crippen LogP) is 0.524. The molecule has 2 rings (SSSR count). The SMILES string of the molecule is CCOc1c(CCC(=O)N2CCOCC2)cccc1S(N)(=O)=O. The van der Waals surface area contributed by atoms with Crippen molar-refractivity contribution in [2.45, 2.75) is 24.7 Å². The summed E-state index contributed by atoms with van der Waals surface area (Å²) in [5.41, 5.74) is 0.667. The molecule has 0 spiro atoms. The maximum absolute atomic E-state index is 12.2. The first-order chi connectivity index (χ1) is 10.9. The Kier molecular flexibility index (Phi) is 5.97. The number of carbonyl (C=O) groups excluding carboxylic acids is 1. The summed E-state index contributed by atoms with van der Waals surface area (Å²) >= 11 is 0. The van der Waals surface area contributed by atoms with Crippen molar-refractivity contribution in [2.75, 3.05) is 32.9 Å². The molecular weight excluding hydrogens is 320 g/mol. The fraction of sp³-hybridized carbons (Fsp3) is 0.533. The van der Waals surface area contributed by atoms with Crippen LogP contribution in [0.1, 0.15) is 18.9 Å². The first-order valence-corrected chi connectivity index (χ1v) is 9.11. The monoisotopic (exact) mass is 342 g/mol. The Labute approximate surface area is 136 Å². The van der Waals surface area contributed by atoms with Gasteiger partial charge >= 0.3 is 0 Å². The summed E-state index contributed by atoms with van der Waals surface area (Å²) < 4.78 is 34.0. The zero-order chi connectivity index (χ0) is 16.9. The zero-order valence-electron chi connectivity index (χ0n) is 13.2. The standard InChI is InChI=1S/C15H22N2O5S/c1-2-22-15-12(4-3-5-13(15)23(16,19)20)6-7-14(18)17-8-10-21-11-9-17/h3-5H,2,6-11H2,1H3,(H2,16,19,20). The molecule has 1 fully saturated rings. The molecule has 23 heavy (non-hydrogen) atoms. The smallest absolute Gasteiger partial charge is 0.241 e. The van der Waals surface area contributed by atoms with Gasteiger partial charge in [-0.05, 0) is 25.0 Å². The minimum Gasteiger partial charge on any atom is -0.492 e. The maximum atomic E-state index is 12.2. The van der Waals surface area contributed by atoms with Gasteiger partial charge in [0, 0.05) is 19.5 Å². The molecular formula is C15H22N2O5S. The molecule has 0 unspecified atom stereocenters. The number of benzene rings is 1. The van der Waals surface area contributed by atoms with E-state index in [0.717, 1.165) is 0 Å². The second kappa shape index (κ2) is 7.76. The topological polar surface area (TPSA) is 98.9 Å². The number of sulfonamides is 1. The number of para-hydroxylation sites is 1. The van der Waals surface area contributed by atoms with Gasteiger partial charge in [-0.2, -0.15) is 0 Å². The minimum atomic E-state index is -3.87. The Hall–Kier alpha value is -1.64. The van der Waals surface area contributed by atoms with Crippen molar-refractivity contribution in [3.63, 3.8) is 0 Å². The summed E-state index contributed by atoms with van der Waals surface area (Å²) in [6, 6.07) is 4.77. The Balaban J connectivity index is 2.14. The number of ether oxygens (including phenoxy) is 2. The summed E-state index contributed by atoms with van der Waals surface area (Å²) in [7, 11) is -3.87. The summed E-state index contributed by atoms with van der Waals surface area (Å²) in [6.07, 6.45) is 0.684. The lowest BCUT2D eigenvalue weighted by Crippen LogP contribution is -2.40. The van der Waals surface area contributed by atoms with Crippen LogP contribution in [0.4, 0.5) is 0 Å². The molecule has 1 saturated heterocycles. The van der Waals surface area contributed by atoms with E-state index in [1.807, 2.05) is 0 Å². The van der Waals surface area contributed by atoms with Gasteiger partial charge in [0.25, 0.3) is 0 Å². The van der Waals surface area contributed by atoms with Crippen LogP contribution in [0.3, 0.4) is 0 Å². The van der Waals surface area contributed by atoms with Crippen LogP contribution in [0.2, 0.25) is 0 Å². The molecule has 1 heterocycles. The third kappa shape index (κ3) is 4.66. The molecule has 1 aromatic rings. The Morgan fingerprint density at radius 2 is 2.04 bits per heavy atom. The van der Waals surface area contributed by atoms with Crippen LogP contribution in [0.5, 0.6) is 5.75 Å². The molecule has 8 heteroatoms. The molecule has 1 amide bonds. The van der Waals surface area contributed by atoms with Gasteiger partial charge in [-0.1, -0.05) is 12.1 Å². The number of nitrogens with two attached hydrogens (primary N) is 1. The number of hydrogen-bond donors (Lipinski definition) is 1. The van der Waals surface area contributed by atoms with Crippen molar-refractivity contribution >= 4 is 15.9 Å². The molecule has 0 aromatic heterocycles. The number of amides is 1. The highest BCUT2D eigenvalue weighted by atomic mass is 32.2. The van der Waals surface area contributed by atoms with Crippen LogP contribution >= 0.6 is 0 Å². The van der Waals surface area contributed by atoms with E-state index in [-0.39, 0.29) is 23.0 Å². The van der Waals surface area contributed by atoms with E-state index in [9.17, 15) is 13.2 Å². The number of nitrogens with zero attached hydrogens (tertiary/aromatic N) is 1. The fourth-order valence-corrected chi connectivity index (χ4v) is 3.22. The second-order valence-electron chi connectivity index (χ2n) is 5.22. The first-order valence-electron chi connectivity index (χ1n) is 7.56. The first kappa shape index (κ1) is 17.7. The number of hydrogen-bond acceptors (Lipinski definition) is 5. The Morgan fingerprint density at radius 3 is 2.65 bits per heavy atom. The van der Waals surface area contributed by atoms with E-state index in [1.165, 1.54) is 6.07 Å². The molecule has 1 aromatic carbocycles. The molecule has 0 bridgehead atoms. The van der Waals surface area contributed by atoms with Crippen LogP contribution in [0.25, 0.3) is 0 Å². The fourth-order valence-electron chi connectivity index (χ4n) is 2.50. The number of rotatable bonds is 6. The average molecular weight is 342 g/mol. The largest absolute Gasteiger partial charge is 0.492 e. The molecule has 0 aliphatic carbocycles. The highest BCUT2D eigenvalue weighted by Gasteiger charge is 2.21. The number of carbonyl (C=O) groups is 1. The molecule has 1 aliphatic rings. The van der Waals surface area contributed by atoms with E-state index in [1.54, 1.807) is 24.0 Å². The quantitative estimate of drug-likeness (QED) is 0.813. The lowest BCUT2D eigenvalue weighted by molar-refractivity contribution is -0.135. The van der Waals surface area contributed by atoms with Crippen molar-refractivity contribution in [1.82, 2.24) is 4.90 Å². The molecule has 128 valence electrons. The van der Waals surface area contributed by atoms with Crippen molar-refractivity contribution in [2.24, 2.45) is 5.14 Å². The summed E-state index contributed by atoms with van der Waals surface area (Å²) in [5, 5.41) is 5.23. The molecule has 0 saturated carbocycles. The van der Waals surface area contributed by atoms with E-state index >= 15 is 0 Å². The molecule has 0 atom stereocenters. The molecule has 0 radical (unpaired) electrons. The molecule has 2 N–H and O–H groups in total. The third-order valence-electron chi connectivity index (χ3n) is 3.63. The van der Waals surface area contributed by atoms with Crippen molar-refractivity contribution < 1.29 is 22.7 Å². The lowest BCUT2D eigenvalue weighted by Gasteiger charge is -2.27. The van der Waals surface area contributed by atoms with Crippen LogP contribution in [0.15, 0.2) is 23.1 Å². The van der Waals surface area contributed by atoms with E-state index in [2.05, 4.69) is 0 Å². The third-order valence-corrected chi connectivity index (χ3v) is 4.56. The zero-order valence-corrected chi connectivity index (χ0v) is 14.0. The van der Waals surface area contributed by atoms with Gasteiger partial charge < -0.3 is 14.4 Å². The number of aryl methyl sites for hydroxylation is 1. The number of morpholine rings is 1. The maximum Gasteiger partial charge on any atom is 0.241 e. The molecule has 7 nitrogen and oxygen atoms in total. The van der Waals surface area contributed by atoms with E-state index in [4.69, 9.17) is 14.6 Å². The number of primary sulfonamides is 1. The van der Waals surface area contributed by atoms with Crippen LogP contribution in [0, 0.1) is 0 Å². The van der Waals surface area contributed by atoms with Crippen molar-refractivity contribution in [1.29, 1.82) is 0 Å². The van der Waals surface area contributed by atoms with Crippen LogP contribution in [-0.2, 0) is 26.0 Å². The van der Waals surface area contributed by atoms with Crippen molar-refractivity contribution in [3.8, 4) is 5.75 Å². The second-order valence-corrected chi connectivity index (χ2v) is 6.75. The normalized spacial score (nSPS) is 15.5. The minimum absolute atomic E-state index is 0.0248. The summed E-state index contributed by atoms with van der Waals surface area (Å²) in [6.45, 7) is 4.37. The van der Waals surface area contributed by atoms with E-state index in [0.29, 0.717) is 44.9 Å². The molecule has 1 aliphatic heterocycles.